The summed E-state index contributed by atoms with van der Waals surface area (Å²) in [7, 11) is 0. The van der Waals surface area contributed by atoms with Crippen molar-refractivity contribution in [1.29, 1.82) is 0 Å². The number of hydrogen-bond donors (Lipinski definition) is 0. The molecule has 0 spiro atoms. The van der Waals surface area contributed by atoms with Gasteiger partial charge in [-0.15, -0.1) is 0 Å². The summed E-state index contributed by atoms with van der Waals surface area (Å²) in [5.74, 6) is -0.888. The van der Waals surface area contributed by atoms with Gasteiger partial charge in [0.25, 0.3) is 0 Å². The molecule has 0 amide bonds. The van der Waals surface area contributed by atoms with Crippen LogP contribution in [0.15, 0.2) is 85.1 Å². The topological polar surface area (TPSA) is 78.9 Å². The summed E-state index contributed by atoms with van der Waals surface area (Å²) in [6.07, 6.45) is 89.0. The van der Waals surface area contributed by atoms with Gasteiger partial charge in [-0.2, -0.15) is 0 Å². The standard InChI is InChI=1S/C73H128O6/c1-4-7-10-13-16-19-22-25-28-29-30-31-32-33-34-35-36-37-38-39-40-41-42-43-44-45-46-49-51-54-57-60-63-66-72(75)78-69-70(79-73(76)67-64-61-58-55-52-48-27-24-21-18-15-12-9-6-3)68-77-71(74)65-62-59-56-53-50-47-26-23-20-17-14-11-8-5-2/h7,10,15-16,18-19,23-28,30-31,70H,4-6,8-9,11-14,17,20-22,29,32-69H2,1-3H3/b10-7-,18-15-,19-16-,26-23-,27-24-,28-25-,31-30-. The SMILES string of the molecule is CC/C=C\C/C=C\C/C=C\C/C=C\CCCCCCCCCCCCCCCCCCCCCCC(=O)OCC(COC(=O)CCCCCCC/C=C\CCCCCCC)OC(=O)CCCCCCC/C=C\C/C=C\CCCC. The van der Waals surface area contributed by atoms with Gasteiger partial charge >= 0.3 is 17.9 Å². The Kier molecular flexibility index (Phi) is 64.2. The van der Waals surface area contributed by atoms with Crippen LogP contribution in [0.25, 0.3) is 0 Å². The molecule has 0 aromatic heterocycles. The molecule has 456 valence electrons. The Morgan fingerprint density at radius 2 is 0.506 bits per heavy atom. The van der Waals surface area contributed by atoms with Crippen LogP contribution < -0.4 is 0 Å². The van der Waals surface area contributed by atoms with E-state index in [-0.39, 0.29) is 31.1 Å². The minimum atomic E-state index is -0.785. The zero-order chi connectivity index (χ0) is 57.1. The van der Waals surface area contributed by atoms with E-state index in [0.717, 1.165) is 116 Å². The van der Waals surface area contributed by atoms with Crippen molar-refractivity contribution in [3.63, 3.8) is 0 Å². The van der Waals surface area contributed by atoms with Crippen LogP contribution in [0.5, 0.6) is 0 Å². The van der Waals surface area contributed by atoms with Crippen molar-refractivity contribution >= 4 is 17.9 Å². The molecule has 1 atom stereocenters. The molecule has 0 aliphatic rings. The van der Waals surface area contributed by atoms with E-state index in [2.05, 4.69) is 106 Å². The number of carbonyl (C=O) groups excluding carboxylic acids is 3. The highest BCUT2D eigenvalue weighted by Gasteiger charge is 2.19. The molecule has 0 aliphatic carbocycles. The second-order valence-electron chi connectivity index (χ2n) is 22.7. The van der Waals surface area contributed by atoms with Gasteiger partial charge in [0.2, 0.25) is 0 Å². The van der Waals surface area contributed by atoms with Crippen LogP contribution in [0.3, 0.4) is 0 Å². The molecule has 0 aliphatic heterocycles. The van der Waals surface area contributed by atoms with Gasteiger partial charge in [0.05, 0.1) is 0 Å². The van der Waals surface area contributed by atoms with Gasteiger partial charge in [0.1, 0.15) is 13.2 Å². The molecule has 0 saturated heterocycles. The van der Waals surface area contributed by atoms with Crippen molar-refractivity contribution in [2.45, 2.75) is 348 Å². The van der Waals surface area contributed by atoms with Gasteiger partial charge in [-0.05, 0) is 109 Å². The van der Waals surface area contributed by atoms with Crippen molar-refractivity contribution in [3.05, 3.63) is 85.1 Å². The highest BCUT2D eigenvalue weighted by molar-refractivity contribution is 5.71. The number of unbranched alkanes of at least 4 members (excludes halogenated alkanes) is 37. The summed E-state index contributed by atoms with van der Waals surface area (Å²) in [4.78, 5) is 38.3. The predicted octanol–water partition coefficient (Wildman–Crippen LogP) is 23.4. The Morgan fingerprint density at radius 3 is 0.823 bits per heavy atom. The van der Waals surface area contributed by atoms with E-state index in [1.54, 1.807) is 0 Å². The van der Waals surface area contributed by atoms with Crippen LogP contribution >= 0.6 is 0 Å². The Balaban J connectivity index is 4.13. The number of rotatable bonds is 62. The fourth-order valence-corrected chi connectivity index (χ4v) is 9.74. The quantitative estimate of drug-likeness (QED) is 0.0261. The lowest BCUT2D eigenvalue weighted by Gasteiger charge is -2.18. The molecule has 1 unspecified atom stereocenters. The van der Waals surface area contributed by atoms with Gasteiger partial charge in [0, 0.05) is 19.3 Å². The Bertz CT molecular complexity index is 1500. The summed E-state index contributed by atoms with van der Waals surface area (Å²) >= 11 is 0. The molecule has 0 aromatic rings. The van der Waals surface area contributed by atoms with E-state index in [9.17, 15) is 14.4 Å². The predicted molar refractivity (Wildman–Crippen MR) is 344 cm³/mol. The summed E-state index contributed by atoms with van der Waals surface area (Å²) in [5.41, 5.74) is 0. The summed E-state index contributed by atoms with van der Waals surface area (Å²) in [6, 6.07) is 0. The largest absolute Gasteiger partial charge is 0.462 e. The minimum Gasteiger partial charge on any atom is -0.462 e. The summed E-state index contributed by atoms with van der Waals surface area (Å²) in [5, 5.41) is 0. The Morgan fingerprint density at radius 1 is 0.266 bits per heavy atom. The number of ether oxygens (including phenoxy) is 3. The number of carbonyl (C=O) groups is 3. The first-order valence-corrected chi connectivity index (χ1v) is 34.1. The third-order valence-electron chi connectivity index (χ3n) is 14.9. The van der Waals surface area contributed by atoms with Crippen molar-refractivity contribution in [2.24, 2.45) is 0 Å². The first kappa shape index (κ1) is 75.6. The van der Waals surface area contributed by atoms with Crippen LogP contribution in [-0.2, 0) is 28.6 Å². The number of allylic oxidation sites excluding steroid dienone is 14. The van der Waals surface area contributed by atoms with Crippen LogP contribution in [0, 0.1) is 0 Å². The van der Waals surface area contributed by atoms with Gasteiger partial charge < -0.3 is 14.2 Å². The van der Waals surface area contributed by atoms with Crippen molar-refractivity contribution in [3.8, 4) is 0 Å². The van der Waals surface area contributed by atoms with Gasteiger partial charge in [-0.25, -0.2) is 0 Å². The Labute approximate surface area is 490 Å². The molecule has 79 heavy (non-hydrogen) atoms. The molecule has 6 nitrogen and oxygen atoms in total. The van der Waals surface area contributed by atoms with E-state index in [1.165, 1.54) is 186 Å². The molecule has 0 saturated carbocycles. The van der Waals surface area contributed by atoms with Crippen molar-refractivity contribution in [2.75, 3.05) is 13.2 Å². The molecule has 0 N–H and O–H groups in total. The lowest BCUT2D eigenvalue weighted by Crippen LogP contribution is -2.30. The molecule has 0 fully saturated rings. The maximum atomic E-state index is 12.9. The van der Waals surface area contributed by atoms with Gasteiger partial charge in [-0.3, -0.25) is 14.4 Å². The maximum Gasteiger partial charge on any atom is 0.306 e. The molecule has 0 aromatic carbocycles. The number of hydrogen-bond acceptors (Lipinski definition) is 6. The van der Waals surface area contributed by atoms with E-state index >= 15 is 0 Å². The lowest BCUT2D eigenvalue weighted by atomic mass is 10.0. The Hall–Kier alpha value is -3.41. The third kappa shape index (κ3) is 65.3. The lowest BCUT2D eigenvalue weighted by molar-refractivity contribution is -0.167. The molecule has 6 heteroatoms. The molecule has 0 heterocycles. The van der Waals surface area contributed by atoms with Crippen LogP contribution in [0.2, 0.25) is 0 Å². The summed E-state index contributed by atoms with van der Waals surface area (Å²) in [6.45, 7) is 6.49. The van der Waals surface area contributed by atoms with Crippen molar-refractivity contribution < 1.29 is 28.6 Å². The highest BCUT2D eigenvalue weighted by Crippen LogP contribution is 2.17. The average molecular weight is 1100 g/mol. The van der Waals surface area contributed by atoms with Crippen molar-refractivity contribution in [1.82, 2.24) is 0 Å². The van der Waals surface area contributed by atoms with E-state index in [1.807, 2.05) is 0 Å². The van der Waals surface area contributed by atoms with Gasteiger partial charge in [-0.1, -0.05) is 298 Å². The molecule has 0 radical (unpaired) electrons. The first-order chi connectivity index (χ1) is 39.0. The van der Waals surface area contributed by atoms with E-state index in [0.29, 0.717) is 19.3 Å². The summed E-state index contributed by atoms with van der Waals surface area (Å²) < 4.78 is 16.9. The average Bonchev–Trinajstić information content (AvgIpc) is 3.45. The first-order valence-electron chi connectivity index (χ1n) is 34.1. The van der Waals surface area contributed by atoms with E-state index in [4.69, 9.17) is 14.2 Å². The molecule has 0 bridgehead atoms. The molecular formula is C73H128O6. The monoisotopic (exact) mass is 1100 g/mol. The zero-order valence-electron chi connectivity index (χ0n) is 52.4. The fraction of sp³-hybridized carbons (Fsp3) is 0.767. The van der Waals surface area contributed by atoms with Gasteiger partial charge in [0.15, 0.2) is 6.10 Å². The van der Waals surface area contributed by atoms with E-state index < -0.39 is 6.10 Å². The normalized spacial score (nSPS) is 12.6. The minimum absolute atomic E-state index is 0.0808. The van der Waals surface area contributed by atoms with Crippen LogP contribution in [0.4, 0.5) is 0 Å². The molecular weight excluding hydrogens is 973 g/mol. The smallest absolute Gasteiger partial charge is 0.306 e. The fourth-order valence-electron chi connectivity index (χ4n) is 9.74. The highest BCUT2D eigenvalue weighted by atomic mass is 16.6. The molecule has 0 rings (SSSR count). The zero-order valence-corrected chi connectivity index (χ0v) is 52.4. The third-order valence-corrected chi connectivity index (χ3v) is 14.9. The maximum absolute atomic E-state index is 12.9. The second kappa shape index (κ2) is 67.1. The number of esters is 3. The van der Waals surface area contributed by atoms with Crippen LogP contribution in [0.1, 0.15) is 342 Å². The second-order valence-corrected chi connectivity index (χ2v) is 22.7. The van der Waals surface area contributed by atoms with Crippen LogP contribution in [-0.4, -0.2) is 37.2 Å².